The van der Waals surface area contributed by atoms with Crippen LogP contribution in [0.1, 0.15) is 18.6 Å². The molecule has 0 fully saturated rings. The lowest BCUT2D eigenvalue weighted by molar-refractivity contribution is 0.189. The van der Waals surface area contributed by atoms with Crippen LogP contribution in [0, 0.1) is 5.82 Å². The molecular formula is C9H11FO2. The molecule has 2 nitrogen and oxygen atoms in total. The van der Waals surface area contributed by atoms with E-state index in [2.05, 4.69) is 0 Å². The number of ether oxygens (including phenoxy) is 1. The van der Waals surface area contributed by atoms with Gasteiger partial charge in [0.25, 0.3) is 0 Å². The monoisotopic (exact) mass is 170 g/mol. The van der Waals surface area contributed by atoms with E-state index >= 15 is 0 Å². The van der Waals surface area contributed by atoms with Gasteiger partial charge in [-0.3, -0.25) is 0 Å². The second kappa shape index (κ2) is 3.54. The Morgan fingerprint density at radius 1 is 1.50 bits per heavy atom. The van der Waals surface area contributed by atoms with Crippen LogP contribution in [0.15, 0.2) is 18.2 Å². The maximum Gasteiger partial charge on any atom is 0.132 e. The molecule has 1 aromatic rings. The lowest BCUT2D eigenvalue weighted by atomic mass is 10.1. The van der Waals surface area contributed by atoms with Gasteiger partial charge in [0, 0.05) is 0 Å². The van der Waals surface area contributed by atoms with Gasteiger partial charge in [0.2, 0.25) is 0 Å². The fraction of sp³-hybridized carbons (Fsp3) is 0.333. The molecule has 0 aromatic heterocycles. The highest BCUT2D eigenvalue weighted by Gasteiger charge is 2.13. The van der Waals surface area contributed by atoms with Crippen LogP contribution in [-0.4, -0.2) is 12.2 Å². The van der Waals surface area contributed by atoms with Crippen molar-refractivity contribution in [2.24, 2.45) is 0 Å². The van der Waals surface area contributed by atoms with Crippen molar-refractivity contribution >= 4 is 0 Å². The van der Waals surface area contributed by atoms with Crippen LogP contribution in [0.2, 0.25) is 0 Å². The van der Waals surface area contributed by atoms with Crippen molar-refractivity contribution in [3.05, 3.63) is 29.6 Å². The standard InChI is InChI=1S/C9H11FO2/c1-6(11)9-7(10)4-3-5-8(9)12-2/h3-6,11H,1-2H3. The predicted molar refractivity (Wildman–Crippen MR) is 43.6 cm³/mol. The first kappa shape index (κ1) is 9.00. The van der Waals surface area contributed by atoms with Crippen molar-refractivity contribution in [2.45, 2.75) is 13.0 Å². The quantitative estimate of drug-likeness (QED) is 0.734. The van der Waals surface area contributed by atoms with Gasteiger partial charge in [-0.15, -0.1) is 0 Å². The predicted octanol–water partition coefficient (Wildman–Crippen LogP) is 1.89. The van der Waals surface area contributed by atoms with Crippen LogP contribution in [0.3, 0.4) is 0 Å². The molecule has 1 N–H and O–H groups in total. The maximum atomic E-state index is 13.0. The van der Waals surface area contributed by atoms with Crippen LogP contribution in [-0.2, 0) is 0 Å². The lowest BCUT2D eigenvalue weighted by Crippen LogP contribution is -1.99. The van der Waals surface area contributed by atoms with Gasteiger partial charge in [0.1, 0.15) is 11.6 Å². The summed E-state index contributed by atoms with van der Waals surface area (Å²) in [5.74, 6) is -0.0608. The van der Waals surface area contributed by atoms with Gasteiger partial charge in [-0.1, -0.05) is 6.07 Å². The Balaban J connectivity index is 3.20. The van der Waals surface area contributed by atoms with E-state index in [0.29, 0.717) is 5.75 Å². The average Bonchev–Trinajstić information content (AvgIpc) is 2.03. The van der Waals surface area contributed by atoms with Gasteiger partial charge in [-0.05, 0) is 19.1 Å². The third-order valence-electron chi connectivity index (χ3n) is 1.65. The molecule has 3 heteroatoms. The van der Waals surface area contributed by atoms with E-state index in [9.17, 15) is 9.50 Å². The minimum atomic E-state index is -0.846. The highest BCUT2D eigenvalue weighted by Crippen LogP contribution is 2.26. The Labute approximate surface area is 70.6 Å². The summed E-state index contributed by atoms with van der Waals surface area (Å²) in [5, 5.41) is 9.20. The van der Waals surface area contributed by atoms with Crippen molar-refractivity contribution in [3.63, 3.8) is 0 Å². The van der Waals surface area contributed by atoms with Crippen molar-refractivity contribution in [1.82, 2.24) is 0 Å². The summed E-state index contributed by atoms with van der Waals surface area (Å²) in [6, 6.07) is 4.45. The number of hydrogen-bond acceptors (Lipinski definition) is 2. The number of aliphatic hydroxyl groups excluding tert-OH is 1. The molecule has 1 atom stereocenters. The molecule has 0 saturated carbocycles. The fourth-order valence-electron chi connectivity index (χ4n) is 1.10. The molecule has 0 saturated heterocycles. The van der Waals surface area contributed by atoms with Crippen LogP contribution in [0.5, 0.6) is 5.75 Å². The molecule has 0 radical (unpaired) electrons. The summed E-state index contributed by atoms with van der Waals surface area (Å²) in [7, 11) is 1.45. The summed E-state index contributed by atoms with van der Waals surface area (Å²) in [6.07, 6.45) is -0.846. The van der Waals surface area contributed by atoms with Crippen LogP contribution in [0.25, 0.3) is 0 Å². The highest BCUT2D eigenvalue weighted by atomic mass is 19.1. The van der Waals surface area contributed by atoms with E-state index in [-0.39, 0.29) is 5.56 Å². The molecule has 0 spiro atoms. The van der Waals surface area contributed by atoms with Gasteiger partial charge >= 0.3 is 0 Å². The molecule has 12 heavy (non-hydrogen) atoms. The summed E-state index contributed by atoms with van der Waals surface area (Å²) in [5.41, 5.74) is 0.208. The van der Waals surface area contributed by atoms with Gasteiger partial charge in [0.15, 0.2) is 0 Å². The zero-order chi connectivity index (χ0) is 9.14. The first-order valence-electron chi connectivity index (χ1n) is 3.67. The second-order valence-corrected chi connectivity index (χ2v) is 2.53. The van der Waals surface area contributed by atoms with E-state index in [1.165, 1.54) is 20.1 Å². The normalized spacial score (nSPS) is 12.7. The lowest BCUT2D eigenvalue weighted by Gasteiger charge is -2.10. The largest absolute Gasteiger partial charge is 0.496 e. The first-order chi connectivity index (χ1) is 5.66. The number of aliphatic hydroxyl groups is 1. The summed E-state index contributed by atoms with van der Waals surface area (Å²) in [4.78, 5) is 0. The molecule has 0 heterocycles. The Bertz CT molecular complexity index is 271. The average molecular weight is 170 g/mol. The molecule has 0 aliphatic heterocycles. The Hall–Kier alpha value is -1.09. The number of halogens is 1. The molecular weight excluding hydrogens is 159 g/mol. The Kier molecular flexibility index (Phi) is 2.65. The van der Waals surface area contributed by atoms with Crippen LogP contribution < -0.4 is 4.74 Å². The van der Waals surface area contributed by atoms with Crippen molar-refractivity contribution < 1.29 is 14.2 Å². The molecule has 1 rings (SSSR count). The smallest absolute Gasteiger partial charge is 0.132 e. The minimum Gasteiger partial charge on any atom is -0.496 e. The molecule has 0 aliphatic rings. The number of methoxy groups -OCH3 is 1. The minimum absolute atomic E-state index is 0.208. The van der Waals surface area contributed by atoms with E-state index in [0.717, 1.165) is 0 Å². The SMILES string of the molecule is COc1cccc(F)c1C(C)O. The molecule has 1 aromatic carbocycles. The Morgan fingerprint density at radius 2 is 2.17 bits per heavy atom. The first-order valence-corrected chi connectivity index (χ1v) is 3.67. The Morgan fingerprint density at radius 3 is 2.58 bits per heavy atom. The van der Waals surface area contributed by atoms with Gasteiger partial charge in [-0.2, -0.15) is 0 Å². The molecule has 0 amide bonds. The van der Waals surface area contributed by atoms with Crippen molar-refractivity contribution in [1.29, 1.82) is 0 Å². The van der Waals surface area contributed by atoms with Crippen molar-refractivity contribution in [3.8, 4) is 5.75 Å². The van der Waals surface area contributed by atoms with Crippen LogP contribution >= 0.6 is 0 Å². The zero-order valence-corrected chi connectivity index (χ0v) is 7.04. The van der Waals surface area contributed by atoms with Gasteiger partial charge in [-0.25, -0.2) is 4.39 Å². The zero-order valence-electron chi connectivity index (χ0n) is 7.04. The van der Waals surface area contributed by atoms with Gasteiger partial charge < -0.3 is 9.84 Å². The maximum absolute atomic E-state index is 13.0. The molecule has 1 unspecified atom stereocenters. The highest BCUT2D eigenvalue weighted by molar-refractivity contribution is 5.35. The topological polar surface area (TPSA) is 29.5 Å². The molecule has 0 aliphatic carbocycles. The number of rotatable bonds is 2. The summed E-state index contributed by atoms with van der Waals surface area (Å²) < 4.78 is 17.9. The van der Waals surface area contributed by atoms with Gasteiger partial charge in [0.05, 0.1) is 18.8 Å². The third kappa shape index (κ3) is 1.56. The number of benzene rings is 1. The summed E-state index contributed by atoms with van der Waals surface area (Å²) in [6.45, 7) is 1.50. The van der Waals surface area contributed by atoms with E-state index < -0.39 is 11.9 Å². The van der Waals surface area contributed by atoms with E-state index in [1.54, 1.807) is 12.1 Å². The van der Waals surface area contributed by atoms with Crippen LogP contribution in [0.4, 0.5) is 4.39 Å². The van der Waals surface area contributed by atoms with Crippen molar-refractivity contribution in [2.75, 3.05) is 7.11 Å². The van der Waals surface area contributed by atoms with E-state index in [1.807, 2.05) is 0 Å². The fourth-order valence-corrected chi connectivity index (χ4v) is 1.10. The number of hydrogen-bond donors (Lipinski definition) is 1. The third-order valence-corrected chi connectivity index (χ3v) is 1.65. The van der Waals surface area contributed by atoms with E-state index in [4.69, 9.17) is 4.74 Å². The second-order valence-electron chi connectivity index (χ2n) is 2.53. The summed E-state index contributed by atoms with van der Waals surface area (Å²) >= 11 is 0. The molecule has 66 valence electrons. The molecule has 0 bridgehead atoms.